The fourth-order valence-corrected chi connectivity index (χ4v) is 4.36. The van der Waals surface area contributed by atoms with Gasteiger partial charge < -0.3 is 14.7 Å². The van der Waals surface area contributed by atoms with Crippen LogP contribution in [0.25, 0.3) is 0 Å². The Morgan fingerprint density at radius 2 is 2.00 bits per heavy atom. The zero-order valence-corrected chi connectivity index (χ0v) is 12.3. The molecule has 3 nitrogen and oxygen atoms in total. The van der Waals surface area contributed by atoms with Crippen LogP contribution in [0.15, 0.2) is 0 Å². The lowest BCUT2D eigenvalue weighted by molar-refractivity contribution is -0.0583. The number of aliphatic hydroxyl groups excluding tert-OH is 1. The molecule has 0 bridgehead atoms. The van der Waals surface area contributed by atoms with Gasteiger partial charge in [-0.05, 0) is 44.4 Å². The van der Waals surface area contributed by atoms with Crippen molar-refractivity contribution >= 4 is 0 Å². The Hall–Kier alpha value is -0.120. The molecule has 0 aromatic heterocycles. The molecule has 2 saturated heterocycles. The highest BCUT2D eigenvalue weighted by molar-refractivity contribution is 4.94. The van der Waals surface area contributed by atoms with Gasteiger partial charge in [-0.3, -0.25) is 0 Å². The second-order valence-corrected chi connectivity index (χ2v) is 6.95. The highest BCUT2D eigenvalue weighted by Crippen LogP contribution is 2.43. The third kappa shape index (κ3) is 2.98. The van der Waals surface area contributed by atoms with Gasteiger partial charge in [0.1, 0.15) is 0 Å². The summed E-state index contributed by atoms with van der Waals surface area (Å²) in [5, 5.41) is 9.96. The van der Waals surface area contributed by atoms with Crippen LogP contribution in [0.2, 0.25) is 0 Å². The van der Waals surface area contributed by atoms with E-state index in [1.165, 1.54) is 38.5 Å². The third-order valence-corrected chi connectivity index (χ3v) is 5.62. The average Bonchev–Trinajstić information content (AvgIpc) is 3.03. The molecule has 3 atom stereocenters. The molecular weight excluding hydrogens is 238 g/mol. The summed E-state index contributed by atoms with van der Waals surface area (Å²) in [5.74, 6) is 0.468. The molecule has 3 unspecified atom stereocenters. The van der Waals surface area contributed by atoms with Crippen molar-refractivity contribution < 1.29 is 9.84 Å². The molecule has 3 fully saturated rings. The molecule has 1 spiro atoms. The Bertz CT molecular complexity index is 301. The summed E-state index contributed by atoms with van der Waals surface area (Å²) in [7, 11) is 0. The standard InChI is InChI=1S/C16H29NO2/c1-2-13-11-17(10-6-15(13)18)12-14-5-9-16(19-14)7-3-4-8-16/h13-15,18H,2-12H2,1H3. The predicted molar refractivity (Wildman–Crippen MR) is 76.2 cm³/mol. The Morgan fingerprint density at radius 3 is 2.74 bits per heavy atom. The molecule has 1 aliphatic carbocycles. The lowest BCUT2D eigenvalue weighted by atomic mass is 9.92. The SMILES string of the molecule is CCC1CN(CC2CCC3(CCCC3)O2)CCC1O. The van der Waals surface area contributed by atoms with Gasteiger partial charge in [-0.15, -0.1) is 0 Å². The summed E-state index contributed by atoms with van der Waals surface area (Å²) < 4.78 is 6.40. The summed E-state index contributed by atoms with van der Waals surface area (Å²) in [6.45, 7) is 5.39. The second-order valence-electron chi connectivity index (χ2n) is 6.95. The Morgan fingerprint density at radius 1 is 1.21 bits per heavy atom. The zero-order chi connectivity index (χ0) is 13.3. The lowest BCUT2D eigenvalue weighted by Gasteiger charge is -2.37. The minimum atomic E-state index is -0.0769. The number of piperidine rings is 1. The van der Waals surface area contributed by atoms with E-state index in [1.54, 1.807) is 0 Å². The second kappa shape index (κ2) is 5.71. The summed E-state index contributed by atoms with van der Waals surface area (Å²) in [6, 6.07) is 0. The normalized spacial score (nSPS) is 39.2. The van der Waals surface area contributed by atoms with Crippen LogP contribution in [-0.2, 0) is 4.74 Å². The molecule has 19 heavy (non-hydrogen) atoms. The van der Waals surface area contributed by atoms with Crippen molar-refractivity contribution in [2.45, 2.75) is 76.1 Å². The first kappa shape index (κ1) is 13.8. The van der Waals surface area contributed by atoms with Crippen LogP contribution in [0.4, 0.5) is 0 Å². The highest BCUT2D eigenvalue weighted by Gasteiger charge is 2.42. The van der Waals surface area contributed by atoms with Gasteiger partial charge in [0.05, 0.1) is 17.8 Å². The lowest BCUT2D eigenvalue weighted by Crippen LogP contribution is -2.46. The van der Waals surface area contributed by atoms with E-state index >= 15 is 0 Å². The first-order valence-electron chi connectivity index (χ1n) is 8.29. The molecule has 3 heteroatoms. The smallest absolute Gasteiger partial charge is 0.0710 e. The molecule has 110 valence electrons. The van der Waals surface area contributed by atoms with E-state index in [9.17, 15) is 5.11 Å². The van der Waals surface area contributed by atoms with Crippen LogP contribution in [0.1, 0.15) is 58.3 Å². The van der Waals surface area contributed by atoms with Crippen molar-refractivity contribution in [2.24, 2.45) is 5.92 Å². The maximum absolute atomic E-state index is 9.96. The summed E-state index contributed by atoms with van der Waals surface area (Å²) in [5.41, 5.74) is 0.268. The number of hydrogen-bond acceptors (Lipinski definition) is 3. The number of aliphatic hydroxyl groups is 1. The number of hydrogen-bond donors (Lipinski definition) is 1. The molecule has 0 amide bonds. The van der Waals surface area contributed by atoms with Crippen molar-refractivity contribution in [3.8, 4) is 0 Å². The molecule has 2 aliphatic heterocycles. The fourth-order valence-electron chi connectivity index (χ4n) is 4.36. The van der Waals surface area contributed by atoms with Crippen molar-refractivity contribution in [2.75, 3.05) is 19.6 Å². The fraction of sp³-hybridized carbons (Fsp3) is 1.00. The predicted octanol–water partition coefficient (Wildman–Crippen LogP) is 2.57. The van der Waals surface area contributed by atoms with Gasteiger partial charge >= 0.3 is 0 Å². The summed E-state index contributed by atoms with van der Waals surface area (Å²) in [6.07, 6.45) is 10.2. The highest BCUT2D eigenvalue weighted by atomic mass is 16.5. The molecule has 1 N–H and O–H groups in total. The van der Waals surface area contributed by atoms with Crippen molar-refractivity contribution in [1.82, 2.24) is 4.90 Å². The van der Waals surface area contributed by atoms with Crippen molar-refractivity contribution in [3.05, 3.63) is 0 Å². The van der Waals surface area contributed by atoms with Crippen LogP contribution >= 0.6 is 0 Å². The number of ether oxygens (including phenoxy) is 1. The topological polar surface area (TPSA) is 32.7 Å². The Labute approximate surface area is 117 Å². The number of likely N-dealkylation sites (tertiary alicyclic amines) is 1. The van der Waals surface area contributed by atoms with Crippen LogP contribution < -0.4 is 0 Å². The summed E-state index contributed by atoms with van der Waals surface area (Å²) >= 11 is 0. The molecule has 3 rings (SSSR count). The van der Waals surface area contributed by atoms with E-state index in [0.29, 0.717) is 12.0 Å². The third-order valence-electron chi connectivity index (χ3n) is 5.62. The molecule has 1 saturated carbocycles. The van der Waals surface area contributed by atoms with Crippen molar-refractivity contribution in [3.63, 3.8) is 0 Å². The minimum absolute atomic E-state index is 0.0769. The Balaban J connectivity index is 1.49. The average molecular weight is 267 g/mol. The first-order chi connectivity index (χ1) is 9.21. The molecule has 0 aromatic carbocycles. The molecule has 0 radical (unpaired) electrons. The minimum Gasteiger partial charge on any atom is -0.393 e. The van der Waals surface area contributed by atoms with Gasteiger partial charge in [0.15, 0.2) is 0 Å². The van der Waals surface area contributed by atoms with Gasteiger partial charge in [-0.25, -0.2) is 0 Å². The van der Waals surface area contributed by atoms with Crippen LogP contribution in [0.5, 0.6) is 0 Å². The molecular formula is C16H29NO2. The van der Waals surface area contributed by atoms with Crippen LogP contribution in [0, 0.1) is 5.92 Å². The van der Waals surface area contributed by atoms with Gasteiger partial charge in [0.25, 0.3) is 0 Å². The van der Waals surface area contributed by atoms with Gasteiger partial charge in [-0.2, -0.15) is 0 Å². The van der Waals surface area contributed by atoms with E-state index < -0.39 is 0 Å². The number of rotatable bonds is 3. The maximum atomic E-state index is 9.96. The molecule has 0 aromatic rings. The van der Waals surface area contributed by atoms with Crippen LogP contribution in [-0.4, -0.2) is 47.4 Å². The maximum Gasteiger partial charge on any atom is 0.0710 e. The van der Waals surface area contributed by atoms with Gasteiger partial charge in [0.2, 0.25) is 0 Å². The Kier molecular flexibility index (Phi) is 4.16. The molecule has 3 aliphatic rings. The zero-order valence-electron chi connectivity index (χ0n) is 12.3. The van der Waals surface area contributed by atoms with Gasteiger partial charge in [0, 0.05) is 19.6 Å². The first-order valence-corrected chi connectivity index (χ1v) is 8.29. The largest absolute Gasteiger partial charge is 0.393 e. The monoisotopic (exact) mass is 267 g/mol. The van der Waals surface area contributed by atoms with E-state index in [4.69, 9.17) is 4.74 Å². The number of nitrogens with zero attached hydrogens (tertiary/aromatic N) is 1. The molecule has 2 heterocycles. The van der Waals surface area contributed by atoms with E-state index in [0.717, 1.165) is 32.5 Å². The van der Waals surface area contributed by atoms with Crippen molar-refractivity contribution in [1.29, 1.82) is 0 Å². The van der Waals surface area contributed by atoms with Crippen LogP contribution in [0.3, 0.4) is 0 Å². The van der Waals surface area contributed by atoms with Gasteiger partial charge in [-0.1, -0.05) is 19.8 Å². The van der Waals surface area contributed by atoms with E-state index in [1.807, 2.05) is 0 Å². The quantitative estimate of drug-likeness (QED) is 0.853. The van der Waals surface area contributed by atoms with E-state index in [2.05, 4.69) is 11.8 Å². The summed E-state index contributed by atoms with van der Waals surface area (Å²) in [4.78, 5) is 2.53. The van der Waals surface area contributed by atoms with E-state index in [-0.39, 0.29) is 11.7 Å².